The Hall–Kier alpha value is -0.650. The van der Waals surface area contributed by atoms with Gasteiger partial charge >= 0.3 is 0 Å². The monoisotopic (exact) mass is 232 g/mol. The quantitative estimate of drug-likeness (QED) is 0.482. The highest BCUT2D eigenvalue weighted by Gasteiger charge is 2.21. The molecule has 2 atom stereocenters. The molecule has 0 saturated carbocycles. The third-order valence-electron chi connectivity index (χ3n) is 2.61. The summed E-state index contributed by atoms with van der Waals surface area (Å²) in [6, 6.07) is -0.382. The summed E-state index contributed by atoms with van der Waals surface area (Å²) in [4.78, 5) is 11.7. The average Bonchev–Trinajstić information content (AvgIpc) is 2.24. The first kappa shape index (κ1) is 15.3. The Morgan fingerprint density at radius 3 is 2.44 bits per heavy atom. The first-order valence-corrected chi connectivity index (χ1v) is 5.66. The van der Waals surface area contributed by atoms with E-state index >= 15 is 0 Å². The molecule has 96 valence electrons. The van der Waals surface area contributed by atoms with Crippen molar-refractivity contribution in [2.75, 3.05) is 13.2 Å². The van der Waals surface area contributed by atoms with E-state index in [4.69, 9.17) is 10.2 Å². The Labute approximate surface area is 97.2 Å². The number of carbonyl (C=O) groups is 1. The predicted octanol–water partition coefficient (Wildman–Crippen LogP) is -0.377. The number of aliphatic hydroxyl groups is 2. The van der Waals surface area contributed by atoms with Gasteiger partial charge in [-0.15, -0.1) is 0 Å². The lowest BCUT2D eigenvalue weighted by Crippen LogP contribution is -2.51. The Balaban J connectivity index is 4.00. The molecule has 0 heterocycles. The van der Waals surface area contributed by atoms with E-state index in [1.165, 1.54) is 0 Å². The molecule has 0 fully saturated rings. The van der Waals surface area contributed by atoms with Crippen molar-refractivity contribution < 1.29 is 15.0 Å². The zero-order valence-electron chi connectivity index (χ0n) is 10.6. The maximum absolute atomic E-state index is 11.7. The lowest BCUT2D eigenvalue weighted by molar-refractivity contribution is -0.124. The molecule has 0 aromatic rings. The lowest BCUT2D eigenvalue weighted by Gasteiger charge is -2.27. The third-order valence-corrected chi connectivity index (χ3v) is 2.61. The minimum Gasteiger partial charge on any atom is -0.394 e. The van der Waals surface area contributed by atoms with Gasteiger partial charge in [-0.05, 0) is 27.2 Å². The molecule has 0 spiro atoms. The number of rotatable bonds is 7. The van der Waals surface area contributed by atoms with Gasteiger partial charge in [-0.25, -0.2) is 0 Å². The molecule has 0 aliphatic carbocycles. The molecule has 0 radical (unpaired) electrons. The maximum Gasteiger partial charge on any atom is 0.237 e. The molecule has 5 nitrogen and oxygen atoms in total. The van der Waals surface area contributed by atoms with E-state index in [1.54, 1.807) is 6.92 Å². The van der Waals surface area contributed by atoms with Crippen LogP contribution in [0.25, 0.3) is 0 Å². The minimum absolute atomic E-state index is 0.100. The van der Waals surface area contributed by atoms with Gasteiger partial charge in [0, 0.05) is 12.1 Å². The highest BCUT2D eigenvalue weighted by Crippen LogP contribution is 2.06. The summed E-state index contributed by atoms with van der Waals surface area (Å²) >= 11 is 0. The van der Waals surface area contributed by atoms with Crippen LogP contribution >= 0.6 is 0 Å². The normalized spacial score (nSPS) is 15.6. The summed E-state index contributed by atoms with van der Waals surface area (Å²) < 4.78 is 0. The van der Waals surface area contributed by atoms with Crippen molar-refractivity contribution in [3.8, 4) is 0 Å². The standard InChI is InChI=1S/C11H24N2O3/c1-5-11(3,4)13-10(16)8(2)12-6-9(15)7-14/h8-9,12,14-15H,5-7H2,1-4H3,(H,13,16). The largest absolute Gasteiger partial charge is 0.394 e. The number of aliphatic hydroxyl groups excluding tert-OH is 2. The number of nitrogens with one attached hydrogen (secondary N) is 2. The van der Waals surface area contributed by atoms with Crippen LogP contribution in [0.3, 0.4) is 0 Å². The predicted molar refractivity (Wildman–Crippen MR) is 63.1 cm³/mol. The minimum atomic E-state index is -0.825. The van der Waals surface area contributed by atoms with E-state index in [0.717, 1.165) is 6.42 Å². The van der Waals surface area contributed by atoms with Crippen LogP contribution < -0.4 is 10.6 Å². The Bertz CT molecular complexity index is 219. The van der Waals surface area contributed by atoms with Crippen LogP contribution in [0.4, 0.5) is 0 Å². The molecular weight excluding hydrogens is 208 g/mol. The van der Waals surface area contributed by atoms with E-state index in [-0.39, 0.29) is 30.6 Å². The summed E-state index contributed by atoms with van der Waals surface area (Å²) in [6.45, 7) is 7.55. The molecule has 0 bridgehead atoms. The van der Waals surface area contributed by atoms with Gasteiger partial charge in [0.2, 0.25) is 5.91 Å². The van der Waals surface area contributed by atoms with E-state index in [0.29, 0.717) is 0 Å². The molecule has 0 rings (SSSR count). The molecule has 0 aromatic carbocycles. The summed E-state index contributed by atoms with van der Waals surface area (Å²) in [5.41, 5.74) is -0.220. The van der Waals surface area contributed by atoms with Crippen molar-refractivity contribution >= 4 is 5.91 Å². The zero-order chi connectivity index (χ0) is 12.8. The molecule has 2 unspecified atom stereocenters. The molecule has 5 heteroatoms. The van der Waals surface area contributed by atoms with Crippen molar-refractivity contribution in [2.24, 2.45) is 0 Å². The molecular formula is C11H24N2O3. The van der Waals surface area contributed by atoms with Crippen molar-refractivity contribution in [1.82, 2.24) is 10.6 Å². The zero-order valence-corrected chi connectivity index (χ0v) is 10.6. The van der Waals surface area contributed by atoms with Gasteiger partial charge in [-0.1, -0.05) is 6.92 Å². The van der Waals surface area contributed by atoms with Crippen molar-refractivity contribution in [3.05, 3.63) is 0 Å². The van der Waals surface area contributed by atoms with Crippen molar-refractivity contribution in [3.63, 3.8) is 0 Å². The molecule has 0 aliphatic heterocycles. The van der Waals surface area contributed by atoms with Crippen LogP contribution in [0.5, 0.6) is 0 Å². The second kappa shape index (κ2) is 6.83. The number of amides is 1. The average molecular weight is 232 g/mol. The van der Waals surface area contributed by atoms with Crippen LogP contribution in [0.1, 0.15) is 34.1 Å². The van der Waals surface area contributed by atoms with E-state index in [2.05, 4.69) is 10.6 Å². The summed E-state index contributed by atoms with van der Waals surface area (Å²) in [6.07, 6.45) is 0.0273. The SMILES string of the molecule is CCC(C)(C)NC(=O)C(C)NCC(O)CO. The van der Waals surface area contributed by atoms with Crippen molar-refractivity contribution in [2.45, 2.75) is 51.8 Å². The van der Waals surface area contributed by atoms with Crippen molar-refractivity contribution in [1.29, 1.82) is 0 Å². The van der Waals surface area contributed by atoms with Gasteiger partial charge < -0.3 is 20.8 Å². The van der Waals surface area contributed by atoms with Gasteiger partial charge in [0.1, 0.15) is 0 Å². The second-order valence-corrected chi connectivity index (χ2v) is 4.69. The highest BCUT2D eigenvalue weighted by atomic mass is 16.3. The first-order chi connectivity index (χ1) is 7.32. The summed E-state index contributed by atoms with van der Waals surface area (Å²) in [5.74, 6) is -0.100. The summed E-state index contributed by atoms with van der Waals surface area (Å²) in [7, 11) is 0. The Kier molecular flexibility index (Phi) is 6.55. The van der Waals surface area contributed by atoms with Gasteiger partial charge in [0.25, 0.3) is 0 Å². The van der Waals surface area contributed by atoms with E-state index in [1.807, 2.05) is 20.8 Å². The van der Waals surface area contributed by atoms with Gasteiger partial charge in [0.15, 0.2) is 0 Å². The smallest absolute Gasteiger partial charge is 0.237 e. The fourth-order valence-corrected chi connectivity index (χ4v) is 1.00. The second-order valence-electron chi connectivity index (χ2n) is 4.69. The number of hydrogen-bond donors (Lipinski definition) is 4. The van der Waals surface area contributed by atoms with Crippen LogP contribution in [0, 0.1) is 0 Å². The van der Waals surface area contributed by atoms with Gasteiger partial charge in [-0.3, -0.25) is 4.79 Å². The fraction of sp³-hybridized carbons (Fsp3) is 0.909. The fourth-order valence-electron chi connectivity index (χ4n) is 1.00. The van der Waals surface area contributed by atoms with Gasteiger partial charge in [0.05, 0.1) is 18.8 Å². The van der Waals surface area contributed by atoms with Crippen LogP contribution in [0.15, 0.2) is 0 Å². The molecule has 1 amide bonds. The van der Waals surface area contributed by atoms with E-state index < -0.39 is 6.10 Å². The lowest BCUT2D eigenvalue weighted by atomic mass is 10.0. The number of carbonyl (C=O) groups excluding carboxylic acids is 1. The van der Waals surface area contributed by atoms with Gasteiger partial charge in [-0.2, -0.15) is 0 Å². The van der Waals surface area contributed by atoms with Crippen LogP contribution in [0.2, 0.25) is 0 Å². The maximum atomic E-state index is 11.7. The molecule has 4 N–H and O–H groups in total. The van der Waals surface area contributed by atoms with Crippen LogP contribution in [-0.4, -0.2) is 47.0 Å². The molecule has 0 saturated heterocycles. The Morgan fingerprint density at radius 1 is 1.44 bits per heavy atom. The van der Waals surface area contributed by atoms with E-state index in [9.17, 15) is 4.79 Å². The molecule has 16 heavy (non-hydrogen) atoms. The topological polar surface area (TPSA) is 81.6 Å². The highest BCUT2D eigenvalue weighted by molar-refractivity contribution is 5.81. The first-order valence-electron chi connectivity index (χ1n) is 5.66. The molecule has 0 aromatic heterocycles. The molecule has 0 aliphatic rings. The third kappa shape index (κ3) is 6.05. The summed E-state index contributed by atoms with van der Waals surface area (Å²) in [5, 5.41) is 23.5. The van der Waals surface area contributed by atoms with Crippen LogP contribution in [-0.2, 0) is 4.79 Å². The Morgan fingerprint density at radius 2 is 2.00 bits per heavy atom. The number of hydrogen-bond acceptors (Lipinski definition) is 4.